The fourth-order valence-electron chi connectivity index (χ4n) is 2.19. The quantitative estimate of drug-likeness (QED) is 0.273. The summed E-state index contributed by atoms with van der Waals surface area (Å²) < 4.78 is 0. The number of carbonyl (C=O) groups excluding carboxylic acids is 2. The molecular weight excluding hydrogens is 428 g/mol. The topological polar surface area (TPSA) is 196 Å². The number of carboxylic acid groups (broad SMARTS) is 2. The van der Waals surface area contributed by atoms with Crippen LogP contribution in [0.15, 0.2) is 29.3 Å². The summed E-state index contributed by atoms with van der Waals surface area (Å²) in [5.74, 6) is -0.484. The Hall–Kier alpha value is -4.00. The van der Waals surface area contributed by atoms with Crippen molar-refractivity contribution < 1.29 is 29.4 Å². The van der Waals surface area contributed by atoms with Crippen LogP contribution in [0.5, 0.6) is 0 Å². The van der Waals surface area contributed by atoms with Gasteiger partial charge in [0.05, 0.1) is 17.7 Å². The largest absolute Gasteiger partial charge is 0.465 e. The van der Waals surface area contributed by atoms with Crippen molar-refractivity contribution in [2.24, 2.45) is 10.7 Å². The molecule has 1 heterocycles. The molecule has 0 bridgehead atoms. The molecule has 1 aromatic heterocycles. The van der Waals surface area contributed by atoms with Crippen LogP contribution in [0.4, 0.5) is 20.4 Å². The number of hydrogen-bond acceptors (Lipinski definition) is 7. The summed E-state index contributed by atoms with van der Waals surface area (Å²) >= 11 is 1.14. The number of amides is 4. The zero-order valence-corrected chi connectivity index (χ0v) is 17.5. The van der Waals surface area contributed by atoms with Crippen LogP contribution in [-0.4, -0.2) is 52.6 Å². The van der Waals surface area contributed by atoms with Crippen LogP contribution in [0.1, 0.15) is 27.9 Å². The van der Waals surface area contributed by atoms with E-state index in [0.29, 0.717) is 34.2 Å². The van der Waals surface area contributed by atoms with Gasteiger partial charge in [-0.05, 0) is 30.5 Å². The summed E-state index contributed by atoms with van der Waals surface area (Å²) in [5.41, 5.74) is 6.27. The number of nitrogens with one attached hydrogen (secondary N) is 3. The minimum Gasteiger partial charge on any atom is -0.465 e. The molecule has 0 saturated carbocycles. The fourth-order valence-corrected chi connectivity index (χ4v) is 3.19. The van der Waals surface area contributed by atoms with Crippen molar-refractivity contribution in [2.45, 2.75) is 19.8 Å². The van der Waals surface area contributed by atoms with Crippen molar-refractivity contribution in [2.75, 3.05) is 12.4 Å². The Kier molecular flexibility index (Phi) is 10.1. The second kappa shape index (κ2) is 12.5. The Morgan fingerprint density at radius 1 is 1.16 bits per heavy atom. The Morgan fingerprint density at radius 3 is 2.29 bits per heavy atom. The van der Waals surface area contributed by atoms with Crippen molar-refractivity contribution in [3.63, 3.8) is 0 Å². The minimum atomic E-state index is -1.33. The lowest BCUT2D eigenvalue weighted by atomic mass is 10.1. The number of nitrogens with two attached hydrogens (primary N) is 1. The summed E-state index contributed by atoms with van der Waals surface area (Å²) in [6, 6.07) is 7.26. The van der Waals surface area contributed by atoms with E-state index in [1.165, 1.54) is 6.92 Å². The van der Waals surface area contributed by atoms with Gasteiger partial charge in [-0.1, -0.05) is 23.5 Å². The molecule has 12 nitrogen and oxygen atoms in total. The first kappa shape index (κ1) is 25.0. The van der Waals surface area contributed by atoms with Crippen LogP contribution in [-0.2, 0) is 17.6 Å². The molecule has 0 radical (unpaired) electrons. The molecule has 13 heteroatoms. The highest BCUT2D eigenvalue weighted by atomic mass is 32.1. The molecule has 0 unspecified atom stereocenters. The molecule has 0 fully saturated rings. The fraction of sp³-hybridized carbons (Fsp3) is 0.222. The van der Waals surface area contributed by atoms with E-state index < -0.39 is 12.2 Å². The van der Waals surface area contributed by atoms with E-state index in [1.807, 2.05) is 17.4 Å². The Morgan fingerprint density at radius 2 is 1.77 bits per heavy atom. The van der Waals surface area contributed by atoms with Gasteiger partial charge >= 0.3 is 12.2 Å². The van der Waals surface area contributed by atoms with Crippen LogP contribution in [0.25, 0.3) is 0 Å². The summed E-state index contributed by atoms with van der Waals surface area (Å²) in [5, 5.41) is 23.3. The van der Waals surface area contributed by atoms with E-state index >= 15 is 0 Å². The predicted molar refractivity (Wildman–Crippen MR) is 115 cm³/mol. The van der Waals surface area contributed by atoms with Gasteiger partial charge in [-0.15, -0.1) is 0 Å². The number of benzene rings is 1. The van der Waals surface area contributed by atoms with Gasteiger partial charge in [0.1, 0.15) is 4.88 Å². The third-order valence-electron chi connectivity index (χ3n) is 3.40. The summed E-state index contributed by atoms with van der Waals surface area (Å²) in [6.07, 6.45) is -0.234. The van der Waals surface area contributed by atoms with Crippen molar-refractivity contribution in [3.05, 3.63) is 40.4 Å². The van der Waals surface area contributed by atoms with E-state index in [9.17, 15) is 14.4 Å². The van der Waals surface area contributed by atoms with Gasteiger partial charge in [0.2, 0.25) is 5.91 Å². The number of aromatic nitrogens is 1. The van der Waals surface area contributed by atoms with Gasteiger partial charge < -0.3 is 26.6 Å². The number of primary amides is 1. The maximum absolute atomic E-state index is 12.0. The Balaban J connectivity index is 0.00000110. The van der Waals surface area contributed by atoms with E-state index in [1.54, 1.807) is 19.2 Å². The SMILES string of the molecule is CNC(=O)c1sc(NC(C)=O)nc1CCc1ccc(N=CNC(=O)O)cc1.NC(=O)O. The number of carbonyl (C=O) groups is 4. The standard InChI is InChI=1S/C17H19N5O4S.CH3NO2/c1-10(23)21-16-22-13(14(27-16)15(24)18-2)8-5-11-3-6-12(7-4-11)19-9-20-17(25)26;2-1(3)4/h3-4,6-7,9H,5,8H2,1-2H3,(H,18,24)(H,19,20)(H,25,26)(H,21,22,23);2H2,(H,3,4). The molecule has 31 heavy (non-hydrogen) atoms. The number of aliphatic imine (C=N–C) groups is 1. The van der Waals surface area contributed by atoms with Gasteiger partial charge in [-0.25, -0.2) is 19.6 Å². The summed E-state index contributed by atoms with van der Waals surface area (Å²) in [7, 11) is 1.54. The second-order valence-corrected chi connectivity index (χ2v) is 6.77. The second-order valence-electron chi connectivity index (χ2n) is 5.77. The normalized spacial score (nSPS) is 10.0. The Bertz CT molecular complexity index is 953. The lowest BCUT2D eigenvalue weighted by molar-refractivity contribution is -0.114. The monoisotopic (exact) mass is 450 g/mol. The molecule has 0 aliphatic heterocycles. The smallest absolute Gasteiger partial charge is 0.409 e. The Labute approximate surface area is 181 Å². The zero-order chi connectivity index (χ0) is 23.4. The van der Waals surface area contributed by atoms with Gasteiger partial charge in [0.25, 0.3) is 5.91 Å². The first-order chi connectivity index (χ1) is 14.6. The van der Waals surface area contributed by atoms with Crippen LogP contribution in [0.2, 0.25) is 0 Å². The molecule has 0 aliphatic rings. The molecule has 2 aromatic rings. The van der Waals surface area contributed by atoms with Crippen LogP contribution >= 0.6 is 11.3 Å². The average Bonchev–Trinajstić information content (AvgIpc) is 3.08. The number of aryl methyl sites for hydroxylation is 2. The molecule has 166 valence electrons. The van der Waals surface area contributed by atoms with E-state index in [0.717, 1.165) is 23.2 Å². The average molecular weight is 450 g/mol. The maximum Gasteiger partial charge on any atom is 0.409 e. The highest BCUT2D eigenvalue weighted by molar-refractivity contribution is 7.17. The number of thiazole rings is 1. The number of rotatable bonds is 7. The first-order valence-corrected chi connectivity index (χ1v) is 9.52. The van der Waals surface area contributed by atoms with Crippen LogP contribution in [0, 0.1) is 0 Å². The molecule has 1 aromatic carbocycles. The molecular formula is C18H22N6O6S. The molecule has 4 amide bonds. The first-order valence-electron chi connectivity index (χ1n) is 8.71. The van der Waals surface area contributed by atoms with Crippen molar-refractivity contribution in [1.82, 2.24) is 15.6 Å². The maximum atomic E-state index is 12.0. The number of nitrogens with zero attached hydrogens (tertiary/aromatic N) is 2. The highest BCUT2D eigenvalue weighted by Gasteiger charge is 2.17. The third kappa shape index (κ3) is 9.85. The van der Waals surface area contributed by atoms with E-state index in [4.69, 9.17) is 15.0 Å². The summed E-state index contributed by atoms with van der Waals surface area (Å²) in [4.78, 5) is 51.2. The van der Waals surface area contributed by atoms with Crippen molar-refractivity contribution >= 4 is 52.5 Å². The van der Waals surface area contributed by atoms with Crippen LogP contribution < -0.4 is 21.7 Å². The summed E-state index contributed by atoms with van der Waals surface area (Å²) in [6.45, 7) is 1.39. The minimum absolute atomic E-state index is 0.241. The van der Waals surface area contributed by atoms with E-state index in [2.05, 4.69) is 26.3 Å². The molecule has 2 rings (SSSR count). The van der Waals surface area contributed by atoms with Crippen molar-refractivity contribution in [3.8, 4) is 0 Å². The lowest BCUT2D eigenvalue weighted by Gasteiger charge is -2.03. The number of hydrogen-bond donors (Lipinski definition) is 6. The molecule has 0 saturated heterocycles. The predicted octanol–water partition coefficient (Wildman–Crippen LogP) is 1.80. The molecule has 0 aliphatic carbocycles. The lowest BCUT2D eigenvalue weighted by Crippen LogP contribution is -2.18. The highest BCUT2D eigenvalue weighted by Crippen LogP contribution is 2.24. The molecule has 0 spiro atoms. The van der Waals surface area contributed by atoms with Gasteiger partial charge in [-0.2, -0.15) is 0 Å². The van der Waals surface area contributed by atoms with Crippen molar-refractivity contribution in [1.29, 1.82) is 0 Å². The molecule has 7 N–H and O–H groups in total. The number of anilines is 1. The van der Waals surface area contributed by atoms with Gasteiger partial charge in [-0.3, -0.25) is 14.9 Å². The zero-order valence-electron chi connectivity index (χ0n) is 16.7. The van der Waals surface area contributed by atoms with Gasteiger partial charge in [0.15, 0.2) is 5.13 Å². The van der Waals surface area contributed by atoms with E-state index in [-0.39, 0.29) is 11.8 Å². The molecule has 0 atom stereocenters. The van der Waals surface area contributed by atoms with Gasteiger partial charge in [0, 0.05) is 14.0 Å². The van der Waals surface area contributed by atoms with Crippen LogP contribution in [0.3, 0.4) is 0 Å². The third-order valence-corrected chi connectivity index (χ3v) is 4.41.